The summed E-state index contributed by atoms with van der Waals surface area (Å²) >= 11 is 5.71. The minimum absolute atomic E-state index is 0.712. The Balaban J connectivity index is 2.75. The van der Waals surface area contributed by atoms with E-state index in [9.17, 15) is 0 Å². The summed E-state index contributed by atoms with van der Waals surface area (Å²) in [6.07, 6.45) is 0. The van der Waals surface area contributed by atoms with Crippen LogP contribution >= 0.6 is 11.6 Å². The summed E-state index contributed by atoms with van der Waals surface area (Å²) < 4.78 is 0. The first-order chi connectivity index (χ1) is 5.74. The van der Waals surface area contributed by atoms with Gasteiger partial charge in [0.05, 0.1) is 12.8 Å². The van der Waals surface area contributed by atoms with Crippen LogP contribution in [0.15, 0.2) is 30.8 Å². The van der Waals surface area contributed by atoms with Gasteiger partial charge >= 0.3 is 0 Å². The van der Waals surface area contributed by atoms with E-state index in [1.807, 2.05) is 12.1 Å². The van der Waals surface area contributed by atoms with Gasteiger partial charge in [-0.3, -0.25) is 10.3 Å². The van der Waals surface area contributed by atoms with Crippen LogP contribution in [-0.4, -0.2) is 7.11 Å². The van der Waals surface area contributed by atoms with Gasteiger partial charge in [-0.1, -0.05) is 30.3 Å². The first-order valence-electron chi connectivity index (χ1n) is 3.48. The largest absolute Gasteiger partial charge is 0.279 e. The van der Waals surface area contributed by atoms with Crippen molar-refractivity contribution in [3.8, 4) is 0 Å². The molecule has 0 aliphatic carbocycles. The van der Waals surface area contributed by atoms with Gasteiger partial charge in [-0.25, -0.2) is 0 Å². The van der Waals surface area contributed by atoms with Crippen molar-refractivity contribution in [2.45, 2.75) is 0 Å². The van der Waals surface area contributed by atoms with E-state index in [1.54, 1.807) is 19.2 Å². The van der Waals surface area contributed by atoms with Crippen molar-refractivity contribution < 1.29 is 4.84 Å². The van der Waals surface area contributed by atoms with Crippen molar-refractivity contribution in [1.29, 1.82) is 0 Å². The Morgan fingerprint density at radius 2 is 2.00 bits per heavy atom. The van der Waals surface area contributed by atoms with Crippen LogP contribution in [0.1, 0.15) is 5.56 Å². The Hall–Kier alpha value is -0.990. The van der Waals surface area contributed by atoms with Gasteiger partial charge in [-0.15, -0.1) is 0 Å². The molecule has 3 heteroatoms. The van der Waals surface area contributed by atoms with Gasteiger partial charge < -0.3 is 0 Å². The van der Waals surface area contributed by atoms with E-state index in [2.05, 4.69) is 12.1 Å². The average Bonchev–Trinajstić information content (AvgIpc) is 2.06. The van der Waals surface area contributed by atoms with Crippen molar-refractivity contribution in [3.63, 3.8) is 0 Å². The quantitative estimate of drug-likeness (QED) is 0.727. The smallest absolute Gasteiger partial charge is 0.0636 e. The summed E-state index contributed by atoms with van der Waals surface area (Å²) in [6, 6.07) is 7.35. The van der Waals surface area contributed by atoms with Crippen molar-refractivity contribution in [3.05, 3.63) is 41.4 Å². The molecule has 0 radical (unpaired) electrons. The predicted octanol–water partition coefficient (Wildman–Crippen LogP) is 2.46. The van der Waals surface area contributed by atoms with E-state index in [1.165, 1.54) is 0 Å². The second-order valence-electron chi connectivity index (χ2n) is 2.29. The third-order valence-electron chi connectivity index (χ3n) is 1.42. The van der Waals surface area contributed by atoms with Crippen LogP contribution in [0.4, 0.5) is 0 Å². The molecule has 0 atom stereocenters. The molecular weight excluding hydrogens is 174 g/mol. The molecule has 0 aromatic heterocycles. The van der Waals surface area contributed by atoms with Gasteiger partial charge in [0, 0.05) is 5.02 Å². The molecule has 2 nitrogen and oxygen atoms in total. The second kappa shape index (κ2) is 4.14. The number of halogens is 1. The molecule has 1 aromatic rings. The Morgan fingerprint density at radius 1 is 1.42 bits per heavy atom. The fourth-order valence-corrected chi connectivity index (χ4v) is 0.959. The van der Waals surface area contributed by atoms with Gasteiger partial charge in [-0.2, -0.15) is 0 Å². The van der Waals surface area contributed by atoms with E-state index in [4.69, 9.17) is 16.4 Å². The molecule has 1 aromatic carbocycles. The fraction of sp³-hybridized carbons (Fsp3) is 0.111. The number of hydroxylamine groups is 1. The lowest BCUT2D eigenvalue weighted by Gasteiger charge is -2.06. The number of nitrogens with one attached hydrogen (secondary N) is 1. The monoisotopic (exact) mass is 183 g/mol. The normalized spacial score (nSPS) is 9.50. The van der Waals surface area contributed by atoms with Crippen LogP contribution < -0.4 is 5.48 Å². The average molecular weight is 184 g/mol. The summed E-state index contributed by atoms with van der Waals surface area (Å²) in [5, 5.41) is 0.712. The van der Waals surface area contributed by atoms with Crippen LogP contribution in [-0.2, 0) is 4.84 Å². The first-order valence-corrected chi connectivity index (χ1v) is 3.85. The number of hydrogen-bond acceptors (Lipinski definition) is 2. The maximum absolute atomic E-state index is 5.71. The summed E-state index contributed by atoms with van der Waals surface area (Å²) in [5.41, 5.74) is 4.32. The van der Waals surface area contributed by atoms with Gasteiger partial charge in [-0.05, 0) is 17.7 Å². The first kappa shape index (κ1) is 9.10. The lowest BCUT2D eigenvalue weighted by Crippen LogP contribution is -2.08. The van der Waals surface area contributed by atoms with Crippen molar-refractivity contribution in [2.24, 2.45) is 0 Å². The molecule has 12 heavy (non-hydrogen) atoms. The molecule has 0 saturated heterocycles. The maximum atomic E-state index is 5.71. The van der Waals surface area contributed by atoms with Crippen LogP contribution in [0.3, 0.4) is 0 Å². The SMILES string of the molecule is C=C(NOC)c1ccc(Cl)cc1. The van der Waals surface area contributed by atoms with Crippen molar-refractivity contribution >= 4 is 17.3 Å². The highest BCUT2D eigenvalue weighted by Gasteiger charge is 1.96. The lowest BCUT2D eigenvalue weighted by molar-refractivity contribution is 0.137. The summed E-state index contributed by atoms with van der Waals surface area (Å²) in [4.78, 5) is 4.71. The van der Waals surface area contributed by atoms with Crippen LogP contribution in [0.25, 0.3) is 5.70 Å². The highest BCUT2D eigenvalue weighted by molar-refractivity contribution is 6.30. The molecule has 0 bridgehead atoms. The summed E-state index contributed by atoms with van der Waals surface area (Å²) in [7, 11) is 1.54. The molecule has 0 amide bonds. The molecule has 0 unspecified atom stereocenters. The zero-order valence-electron chi connectivity index (χ0n) is 6.80. The van der Waals surface area contributed by atoms with Crippen molar-refractivity contribution in [1.82, 2.24) is 5.48 Å². The predicted molar refractivity (Wildman–Crippen MR) is 50.6 cm³/mol. The van der Waals surface area contributed by atoms with Gasteiger partial charge in [0.15, 0.2) is 0 Å². The Morgan fingerprint density at radius 3 is 2.50 bits per heavy atom. The zero-order chi connectivity index (χ0) is 8.97. The molecular formula is C9H10ClNO. The van der Waals surface area contributed by atoms with E-state index >= 15 is 0 Å². The third-order valence-corrected chi connectivity index (χ3v) is 1.67. The number of rotatable bonds is 3. The van der Waals surface area contributed by atoms with Gasteiger partial charge in [0.25, 0.3) is 0 Å². The number of hydrogen-bond donors (Lipinski definition) is 1. The minimum Gasteiger partial charge on any atom is -0.279 e. The molecule has 0 fully saturated rings. The highest BCUT2D eigenvalue weighted by Crippen LogP contribution is 2.13. The van der Waals surface area contributed by atoms with Crippen LogP contribution in [0.2, 0.25) is 5.02 Å². The summed E-state index contributed by atoms with van der Waals surface area (Å²) in [6.45, 7) is 3.77. The standard InChI is InChI=1S/C9H10ClNO/c1-7(11-12-2)8-3-5-9(10)6-4-8/h3-6,11H,1H2,2H3. The molecule has 1 N–H and O–H groups in total. The zero-order valence-corrected chi connectivity index (χ0v) is 7.56. The van der Waals surface area contributed by atoms with Crippen LogP contribution in [0.5, 0.6) is 0 Å². The Bertz CT molecular complexity index is 268. The highest BCUT2D eigenvalue weighted by atomic mass is 35.5. The van der Waals surface area contributed by atoms with Crippen molar-refractivity contribution in [2.75, 3.05) is 7.11 Å². The van der Waals surface area contributed by atoms with E-state index in [-0.39, 0.29) is 0 Å². The third kappa shape index (κ3) is 2.26. The summed E-state index contributed by atoms with van der Waals surface area (Å²) in [5.74, 6) is 0. The van der Waals surface area contributed by atoms with Gasteiger partial charge in [0.1, 0.15) is 0 Å². The molecule has 0 aliphatic rings. The van der Waals surface area contributed by atoms with E-state index in [0.29, 0.717) is 10.7 Å². The minimum atomic E-state index is 0.712. The molecule has 0 saturated carbocycles. The molecule has 0 spiro atoms. The molecule has 1 rings (SSSR count). The molecule has 64 valence electrons. The fourth-order valence-electron chi connectivity index (χ4n) is 0.833. The molecule has 0 heterocycles. The van der Waals surface area contributed by atoms with Crippen LogP contribution in [0, 0.1) is 0 Å². The Labute approximate surface area is 76.8 Å². The maximum Gasteiger partial charge on any atom is 0.0636 e. The number of benzene rings is 1. The topological polar surface area (TPSA) is 21.3 Å². The lowest BCUT2D eigenvalue weighted by atomic mass is 10.2. The van der Waals surface area contributed by atoms with E-state index < -0.39 is 0 Å². The second-order valence-corrected chi connectivity index (χ2v) is 2.73. The molecule has 0 aliphatic heterocycles. The Kier molecular flexibility index (Phi) is 3.14. The van der Waals surface area contributed by atoms with Gasteiger partial charge in [0.2, 0.25) is 0 Å². The van der Waals surface area contributed by atoms with E-state index in [0.717, 1.165) is 5.56 Å².